The highest BCUT2D eigenvalue weighted by atomic mass is 32.1. The number of hydrogen-bond donors (Lipinski definition) is 6. The molecule has 16 heteroatoms. The predicted molar refractivity (Wildman–Crippen MR) is 194 cm³/mol. The van der Waals surface area contributed by atoms with E-state index >= 15 is 0 Å². The van der Waals surface area contributed by atoms with E-state index in [0.29, 0.717) is 25.3 Å². The van der Waals surface area contributed by atoms with Crippen LogP contribution < -0.4 is 21.7 Å². The molecule has 0 radical (unpaired) electrons. The van der Waals surface area contributed by atoms with Gasteiger partial charge in [0.1, 0.15) is 18.2 Å². The zero-order valence-electron chi connectivity index (χ0n) is 27.8. The number of hydrogen-bond acceptors (Lipinski definition) is 9. The molecule has 0 aliphatic carbocycles. The molecule has 3 atom stereocenters. The number of fused-ring (bicyclic) bond motifs is 2. The van der Waals surface area contributed by atoms with Crippen molar-refractivity contribution >= 4 is 67.5 Å². The maximum absolute atomic E-state index is 12.8. The average Bonchev–Trinajstić information content (AvgIpc) is 3.93. The molecule has 1 saturated heterocycles. The van der Waals surface area contributed by atoms with Gasteiger partial charge >= 0.3 is 12.1 Å². The van der Waals surface area contributed by atoms with Crippen LogP contribution in [0.3, 0.4) is 0 Å². The van der Waals surface area contributed by atoms with Gasteiger partial charge in [-0.2, -0.15) is 0 Å². The monoisotopic (exact) mass is 717 g/mol. The Morgan fingerprint density at radius 3 is 2.66 bits per heavy atom. The van der Waals surface area contributed by atoms with Crippen LogP contribution in [0.2, 0.25) is 0 Å². The number of alkyl carbamates (subject to hydrolysis) is 1. The number of aromatic nitrogens is 4. The van der Waals surface area contributed by atoms with E-state index < -0.39 is 12.1 Å². The van der Waals surface area contributed by atoms with E-state index in [1.165, 1.54) is 7.11 Å². The lowest BCUT2D eigenvalue weighted by Gasteiger charge is -2.27. The Morgan fingerprint density at radius 1 is 1.14 bits per heavy atom. The van der Waals surface area contributed by atoms with Crippen molar-refractivity contribution in [1.29, 1.82) is 0 Å². The Morgan fingerprint density at radius 2 is 1.92 bits per heavy atom. The second-order valence-electron chi connectivity index (χ2n) is 12.3. The molecule has 4 aromatic heterocycles. The summed E-state index contributed by atoms with van der Waals surface area (Å²) in [6.45, 7) is 4.84. The van der Waals surface area contributed by atoms with Crippen LogP contribution in [0.15, 0.2) is 48.7 Å². The van der Waals surface area contributed by atoms with Crippen LogP contribution in [0.5, 0.6) is 0 Å². The van der Waals surface area contributed by atoms with E-state index in [0.717, 1.165) is 60.1 Å². The van der Waals surface area contributed by atoms with E-state index in [1.54, 1.807) is 27.6 Å². The first-order valence-corrected chi connectivity index (χ1v) is 17.9. The van der Waals surface area contributed by atoms with Gasteiger partial charge in [0.15, 0.2) is 0 Å². The minimum absolute atomic E-state index is 0.0562. The summed E-state index contributed by atoms with van der Waals surface area (Å²) in [5.41, 5.74) is 9.13. The summed E-state index contributed by atoms with van der Waals surface area (Å²) in [5.74, 6) is 0.992. The molecule has 5 aromatic rings. The quantitative estimate of drug-likeness (QED) is 0.0559. The molecule has 0 saturated carbocycles. The van der Waals surface area contributed by atoms with Gasteiger partial charge < -0.3 is 41.3 Å². The largest absolute Gasteiger partial charge is 0.453 e. The van der Waals surface area contributed by atoms with Gasteiger partial charge in [0.2, 0.25) is 12.3 Å². The lowest BCUT2D eigenvalue weighted by atomic mass is 9.89. The zero-order chi connectivity index (χ0) is 35.4. The molecule has 262 valence electrons. The Kier molecular flexibility index (Phi) is 10.5. The first-order chi connectivity index (χ1) is 24.1. The SMILES string of the molecule is COC(=O)NCC(=O)N1CCCC1c1ncc(-c2cc3sc(-c4ccc5nc(C(/C=C\CNC=O)C(NC(N)=O)C(C)C)[nH]c5c4)cc3s2)[nH]1. The number of primary amides is 1. The molecule has 6 rings (SSSR count). The smallest absolute Gasteiger partial charge is 0.407 e. The predicted octanol–water partition coefficient (Wildman–Crippen LogP) is 4.99. The van der Waals surface area contributed by atoms with Gasteiger partial charge in [0, 0.05) is 33.4 Å². The molecule has 1 aromatic carbocycles. The number of nitrogens with zero attached hydrogens (tertiary/aromatic N) is 3. The topological polar surface area (TPSA) is 200 Å². The van der Waals surface area contributed by atoms with Gasteiger partial charge in [-0.15, -0.1) is 22.7 Å². The molecule has 0 bridgehead atoms. The number of aromatic amines is 2. The number of carbonyl (C=O) groups is 4. The number of nitrogens with one attached hydrogen (secondary N) is 5. The number of imidazole rings is 2. The summed E-state index contributed by atoms with van der Waals surface area (Å²) in [5, 5.41) is 7.95. The maximum Gasteiger partial charge on any atom is 0.407 e. The van der Waals surface area contributed by atoms with E-state index in [2.05, 4.69) is 59.9 Å². The molecule has 5 amide bonds. The Balaban J connectivity index is 1.20. The van der Waals surface area contributed by atoms with E-state index in [1.807, 2.05) is 38.3 Å². The van der Waals surface area contributed by atoms with Gasteiger partial charge in [-0.1, -0.05) is 32.1 Å². The van der Waals surface area contributed by atoms with Crippen LogP contribution in [0.25, 0.3) is 41.4 Å². The first kappa shape index (κ1) is 34.6. The van der Waals surface area contributed by atoms with E-state index in [9.17, 15) is 19.2 Å². The van der Waals surface area contributed by atoms with Crippen LogP contribution in [0.4, 0.5) is 9.59 Å². The number of thiophene rings is 2. The van der Waals surface area contributed by atoms with Crippen LogP contribution in [0.1, 0.15) is 50.3 Å². The molecule has 14 nitrogen and oxygen atoms in total. The summed E-state index contributed by atoms with van der Waals surface area (Å²) >= 11 is 3.37. The summed E-state index contributed by atoms with van der Waals surface area (Å²) in [6.07, 6.45) is 7.23. The number of methoxy groups -OCH3 is 1. The van der Waals surface area contributed by atoms with Gasteiger partial charge in [-0.3, -0.25) is 9.59 Å². The molecule has 1 aliphatic heterocycles. The molecular weight excluding hydrogens is 679 g/mol. The van der Waals surface area contributed by atoms with E-state index in [-0.39, 0.29) is 36.4 Å². The number of likely N-dealkylation sites (tertiary alicyclic amines) is 1. The van der Waals surface area contributed by atoms with Gasteiger partial charge in [-0.05, 0) is 48.6 Å². The van der Waals surface area contributed by atoms with Crippen LogP contribution >= 0.6 is 22.7 Å². The van der Waals surface area contributed by atoms with Crippen LogP contribution in [-0.2, 0) is 14.3 Å². The third-order valence-corrected chi connectivity index (χ3v) is 11.1. The van der Waals surface area contributed by atoms with Crippen molar-refractivity contribution in [2.24, 2.45) is 11.7 Å². The Labute approximate surface area is 295 Å². The first-order valence-electron chi connectivity index (χ1n) is 16.2. The Hall–Kier alpha value is -5.22. The number of nitrogens with two attached hydrogens (primary N) is 1. The number of ether oxygens (including phenoxy) is 1. The fourth-order valence-electron chi connectivity index (χ4n) is 6.30. The number of carbonyl (C=O) groups excluding carboxylic acids is 4. The second kappa shape index (κ2) is 15.1. The average molecular weight is 718 g/mol. The summed E-state index contributed by atoms with van der Waals surface area (Å²) in [6, 6.07) is 9.36. The zero-order valence-corrected chi connectivity index (χ0v) is 29.5. The van der Waals surface area contributed by atoms with Crippen LogP contribution in [0, 0.1) is 5.92 Å². The molecule has 5 heterocycles. The fourth-order valence-corrected chi connectivity index (χ4v) is 8.66. The molecule has 1 fully saturated rings. The summed E-state index contributed by atoms with van der Waals surface area (Å²) in [7, 11) is 1.26. The molecular formula is C34H39N9O5S2. The molecule has 50 heavy (non-hydrogen) atoms. The van der Waals surface area contributed by atoms with Gasteiger partial charge in [-0.25, -0.2) is 19.6 Å². The van der Waals surface area contributed by atoms with Gasteiger partial charge in [0.25, 0.3) is 0 Å². The van der Waals surface area contributed by atoms with Gasteiger partial charge in [0.05, 0.1) is 46.9 Å². The minimum Gasteiger partial charge on any atom is -0.453 e. The number of rotatable bonds is 13. The highest BCUT2D eigenvalue weighted by molar-refractivity contribution is 7.31. The fraction of sp³-hybridized carbons (Fsp3) is 0.353. The maximum atomic E-state index is 12.8. The van der Waals surface area contributed by atoms with Crippen molar-refractivity contribution in [3.63, 3.8) is 0 Å². The van der Waals surface area contributed by atoms with Crippen molar-refractivity contribution in [3.8, 4) is 21.0 Å². The lowest BCUT2D eigenvalue weighted by Crippen LogP contribution is -2.45. The normalized spacial score (nSPS) is 15.9. The van der Waals surface area contributed by atoms with Crippen molar-refractivity contribution in [1.82, 2.24) is 40.8 Å². The third-order valence-electron chi connectivity index (χ3n) is 8.70. The number of urea groups is 1. The third kappa shape index (κ3) is 7.50. The summed E-state index contributed by atoms with van der Waals surface area (Å²) in [4.78, 5) is 67.1. The van der Waals surface area contributed by atoms with Crippen molar-refractivity contribution in [2.75, 3.05) is 26.7 Å². The Bertz CT molecular complexity index is 2010. The minimum atomic E-state index is -0.638. The van der Waals surface area contributed by atoms with E-state index in [4.69, 9.17) is 10.7 Å². The number of benzene rings is 1. The number of H-pyrrole nitrogens is 2. The molecule has 3 unspecified atom stereocenters. The number of amides is 5. The highest BCUT2D eigenvalue weighted by Crippen LogP contribution is 2.42. The standard InChI is InChI=1S/C34H39N9O5S2/c1-18(2)30(42-33(35)46)20(6-4-10-36-17-44)31-39-21-9-8-19(12-22(21)40-31)25-13-27-28(49-25)14-26(50-27)23-15-37-32(41-23)24-7-5-11-43(24)29(45)16-38-34(47)48-3/h4,6,8-9,12-15,17-18,20,24,30H,5,7,10-11,16H2,1-3H3,(H,36,44)(H,37,41)(H,38,47)(H,39,40)(H3,35,42,46)/b6-4-. The highest BCUT2D eigenvalue weighted by Gasteiger charge is 2.32. The summed E-state index contributed by atoms with van der Waals surface area (Å²) < 4.78 is 6.88. The second-order valence-corrected chi connectivity index (χ2v) is 14.5. The van der Waals surface area contributed by atoms with Crippen molar-refractivity contribution in [3.05, 3.63) is 60.3 Å². The molecule has 7 N–H and O–H groups in total. The molecule has 1 aliphatic rings. The lowest BCUT2D eigenvalue weighted by molar-refractivity contribution is -0.131. The van der Waals surface area contributed by atoms with Crippen molar-refractivity contribution in [2.45, 2.75) is 44.7 Å². The van der Waals surface area contributed by atoms with Crippen LogP contribution in [-0.4, -0.2) is 82.1 Å². The molecule has 0 spiro atoms. The van der Waals surface area contributed by atoms with Crippen molar-refractivity contribution < 1.29 is 23.9 Å².